The minimum Gasteiger partial charge on any atom is -0.452 e. The van der Waals surface area contributed by atoms with Gasteiger partial charge in [0, 0.05) is 26.1 Å². The molecule has 1 aromatic heterocycles. The molecule has 6 rings (SSSR count). The Morgan fingerprint density at radius 1 is 1.29 bits per heavy atom. The van der Waals surface area contributed by atoms with Gasteiger partial charge in [0.25, 0.3) is 0 Å². The van der Waals surface area contributed by atoms with Gasteiger partial charge in [-0.2, -0.15) is 15.2 Å². The fourth-order valence-corrected chi connectivity index (χ4v) is 7.97. The maximum atomic E-state index is 14.0. The number of nitriles is 1. The number of benzene rings is 1. The van der Waals surface area contributed by atoms with Gasteiger partial charge in [-0.15, -0.1) is 11.8 Å². The van der Waals surface area contributed by atoms with E-state index in [1.54, 1.807) is 16.7 Å². The van der Waals surface area contributed by atoms with Crippen LogP contribution in [0.1, 0.15) is 48.9 Å². The molecule has 3 aliphatic heterocycles. The quantitative estimate of drug-likeness (QED) is 0.384. The van der Waals surface area contributed by atoms with Crippen LogP contribution in [-0.2, 0) is 27.8 Å². The Bertz CT molecular complexity index is 1430. The number of carbonyl (C=O) groups excluding carboxylic acids is 2. The standard InChI is InChI=1S/C31H37N7O3S/c1-3-25(39)38-17-16-37(19-22(38)12-14-32)28-27-24(33-30(35-28)41-20-42-26-11-7-15-36(26)2)18-31(29(40)34-27)13-6-9-21-8-4-5-10-23(21)31/h3-5,8,10,22,26H,1,6-7,9,11-13,15-20H2,2H3,(H,34,40)/t22-,26?,31?/m0/s1. The third-order valence-corrected chi connectivity index (χ3v) is 10.4. The Morgan fingerprint density at radius 3 is 2.93 bits per heavy atom. The molecule has 0 bridgehead atoms. The minimum absolute atomic E-state index is 0.0328. The highest BCUT2D eigenvalue weighted by molar-refractivity contribution is 7.99. The number of rotatable bonds is 7. The van der Waals surface area contributed by atoms with E-state index in [0.717, 1.165) is 43.5 Å². The van der Waals surface area contributed by atoms with Gasteiger partial charge in [0.2, 0.25) is 11.8 Å². The lowest BCUT2D eigenvalue weighted by Crippen LogP contribution is -2.55. The highest BCUT2D eigenvalue weighted by atomic mass is 32.2. The summed E-state index contributed by atoms with van der Waals surface area (Å²) in [6.45, 7) is 6.03. The number of nitrogens with zero attached hydrogens (tertiary/aromatic N) is 6. The van der Waals surface area contributed by atoms with E-state index < -0.39 is 5.41 Å². The molecule has 220 valence electrons. The number of ether oxygens (including phenoxy) is 1. The van der Waals surface area contributed by atoms with E-state index in [9.17, 15) is 14.9 Å². The van der Waals surface area contributed by atoms with Gasteiger partial charge < -0.3 is 19.9 Å². The van der Waals surface area contributed by atoms with Crippen molar-refractivity contribution in [1.82, 2.24) is 19.8 Å². The third-order valence-electron chi connectivity index (χ3n) is 9.14. The highest BCUT2D eigenvalue weighted by Gasteiger charge is 2.48. The molecule has 2 fully saturated rings. The van der Waals surface area contributed by atoms with Crippen molar-refractivity contribution >= 4 is 35.1 Å². The number of nitrogens with one attached hydrogen (secondary N) is 1. The van der Waals surface area contributed by atoms with E-state index in [1.807, 2.05) is 17.0 Å². The first-order chi connectivity index (χ1) is 20.4. The fraction of sp³-hybridized carbons (Fsp3) is 0.516. The molecule has 0 saturated carbocycles. The summed E-state index contributed by atoms with van der Waals surface area (Å²) in [5, 5.41) is 13.1. The second kappa shape index (κ2) is 11.9. The fourth-order valence-electron chi connectivity index (χ4n) is 6.95. The van der Waals surface area contributed by atoms with E-state index in [2.05, 4.69) is 42.0 Å². The van der Waals surface area contributed by atoms with Crippen LogP contribution in [0.25, 0.3) is 0 Å². The first kappa shape index (κ1) is 28.5. The number of hydrogen-bond donors (Lipinski definition) is 1. The molecule has 42 heavy (non-hydrogen) atoms. The zero-order valence-corrected chi connectivity index (χ0v) is 24.9. The number of carbonyl (C=O) groups is 2. The number of anilines is 2. The van der Waals surface area contributed by atoms with Crippen LogP contribution in [0, 0.1) is 11.3 Å². The highest BCUT2D eigenvalue weighted by Crippen LogP contribution is 2.46. The zero-order valence-electron chi connectivity index (χ0n) is 24.1. The zero-order chi connectivity index (χ0) is 29.3. The van der Waals surface area contributed by atoms with Crippen LogP contribution in [0.2, 0.25) is 0 Å². The molecule has 1 N–H and O–H groups in total. The number of likely N-dealkylation sites (tertiary alicyclic amines) is 1. The van der Waals surface area contributed by atoms with Gasteiger partial charge in [-0.1, -0.05) is 30.8 Å². The molecular weight excluding hydrogens is 550 g/mol. The monoisotopic (exact) mass is 587 g/mol. The van der Waals surface area contributed by atoms with Crippen molar-refractivity contribution in [2.45, 2.75) is 61.8 Å². The summed E-state index contributed by atoms with van der Waals surface area (Å²) in [7, 11) is 2.14. The van der Waals surface area contributed by atoms with Crippen molar-refractivity contribution in [2.24, 2.45) is 0 Å². The Balaban J connectivity index is 1.34. The van der Waals surface area contributed by atoms with Gasteiger partial charge in [-0.3, -0.25) is 14.5 Å². The molecular formula is C31H37N7O3S. The predicted molar refractivity (Wildman–Crippen MR) is 162 cm³/mol. The van der Waals surface area contributed by atoms with Crippen LogP contribution in [0.15, 0.2) is 36.9 Å². The van der Waals surface area contributed by atoms with Gasteiger partial charge in [0.05, 0.1) is 35.0 Å². The van der Waals surface area contributed by atoms with Crippen molar-refractivity contribution in [3.8, 4) is 12.1 Å². The van der Waals surface area contributed by atoms with Crippen molar-refractivity contribution in [3.63, 3.8) is 0 Å². The van der Waals surface area contributed by atoms with E-state index in [-0.39, 0.29) is 30.3 Å². The van der Waals surface area contributed by atoms with Gasteiger partial charge in [-0.25, -0.2) is 0 Å². The number of fused-ring (bicyclic) bond motifs is 3. The Kier molecular flexibility index (Phi) is 8.10. The number of amides is 2. The Morgan fingerprint density at radius 2 is 2.14 bits per heavy atom. The molecule has 1 spiro atoms. The largest absolute Gasteiger partial charge is 0.452 e. The van der Waals surface area contributed by atoms with Crippen molar-refractivity contribution in [3.05, 3.63) is 53.7 Å². The number of aromatic nitrogens is 2. The normalized spacial score (nSPS) is 25.4. The average molecular weight is 588 g/mol. The summed E-state index contributed by atoms with van der Waals surface area (Å²) in [6, 6.07) is 10.4. The molecule has 11 heteroatoms. The summed E-state index contributed by atoms with van der Waals surface area (Å²) < 4.78 is 6.18. The molecule has 10 nitrogen and oxygen atoms in total. The van der Waals surface area contributed by atoms with Crippen molar-refractivity contribution < 1.29 is 14.3 Å². The lowest BCUT2D eigenvalue weighted by Gasteiger charge is -2.44. The van der Waals surface area contributed by atoms with Crippen LogP contribution >= 0.6 is 11.8 Å². The molecule has 2 saturated heterocycles. The van der Waals surface area contributed by atoms with E-state index in [4.69, 9.17) is 14.7 Å². The lowest BCUT2D eigenvalue weighted by atomic mass is 9.65. The van der Waals surface area contributed by atoms with Crippen molar-refractivity contribution in [2.75, 3.05) is 49.4 Å². The van der Waals surface area contributed by atoms with E-state index >= 15 is 0 Å². The van der Waals surface area contributed by atoms with Gasteiger partial charge in [-0.05, 0) is 62.9 Å². The predicted octanol–water partition coefficient (Wildman–Crippen LogP) is 3.48. The first-order valence-corrected chi connectivity index (χ1v) is 15.8. The van der Waals surface area contributed by atoms with Gasteiger partial charge >= 0.3 is 6.01 Å². The van der Waals surface area contributed by atoms with Gasteiger partial charge in [0.15, 0.2) is 5.82 Å². The second-order valence-electron chi connectivity index (χ2n) is 11.6. The summed E-state index contributed by atoms with van der Waals surface area (Å²) in [6.07, 6.45) is 6.89. The van der Waals surface area contributed by atoms with Crippen LogP contribution < -0.4 is 15.0 Å². The summed E-state index contributed by atoms with van der Waals surface area (Å²) in [5.41, 5.74) is 2.96. The molecule has 4 heterocycles. The van der Waals surface area contributed by atoms with Crippen LogP contribution in [0.5, 0.6) is 6.01 Å². The maximum absolute atomic E-state index is 14.0. The van der Waals surface area contributed by atoms with Crippen molar-refractivity contribution in [1.29, 1.82) is 5.26 Å². The summed E-state index contributed by atoms with van der Waals surface area (Å²) in [5.74, 6) is 0.781. The maximum Gasteiger partial charge on any atom is 0.319 e. The average Bonchev–Trinajstić information content (AvgIpc) is 3.42. The second-order valence-corrected chi connectivity index (χ2v) is 12.7. The molecule has 2 unspecified atom stereocenters. The van der Waals surface area contributed by atoms with E-state index in [1.165, 1.54) is 18.1 Å². The number of aryl methyl sites for hydroxylation is 1. The minimum atomic E-state index is -0.690. The number of hydrogen-bond acceptors (Lipinski definition) is 9. The number of thioether (sulfide) groups is 1. The summed E-state index contributed by atoms with van der Waals surface area (Å²) >= 11 is 1.74. The van der Waals surface area contributed by atoms with Gasteiger partial charge in [0.1, 0.15) is 11.6 Å². The SMILES string of the molecule is C=CC(=O)N1CCN(c2nc(OCSC3CCCN3C)nc3c2NC(=O)C2(CCCc4ccccc42)C3)C[C@@H]1CC#N. The van der Waals surface area contributed by atoms with Crippen LogP contribution in [-0.4, -0.2) is 82.2 Å². The van der Waals surface area contributed by atoms with Crippen LogP contribution in [0.3, 0.4) is 0 Å². The Hall–Kier alpha value is -3.62. The summed E-state index contributed by atoms with van der Waals surface area (Å²) in [4.78, 5) is 42.3. The molecule has 4 aliphatic rings. The molecule has 1 aromatic carbocycles. The molecule has 0 radical (unpaired) electrons. The topological polar surface area (TPSA) is 115 Å². The molecule has 2 amide bonds. The molecule has 1 aliphatic carbocycles. The Labute approximate surface area is 251 Å². The molecule has 2 aromatic rings. The third kappa shape index (κ3) is 5.22. The first-order valence-electron chi connectivity index (χ1n) is 14.7. The molecule has 3 atom stereocenters. The lowest BCUT2D eigenvalue weighted by molar-refractivity contribution is -0.128. The number of piperazine rings is 1. The smallest absolute Gasteiger partial charge is 0.319 e. The van der Waals surface area contributed by atoms with Crippen LogP contribution in [0.4, 0.5) is 11.5 Å². The van der Waals surface area contributed by atoms with E-state index in [0.29, 0.717) is 48.9 Å².